The lowest BCUT2D eigenvalue weighted by molar-refractivity contribution is -0.148. The van der Waals surface area contributed by atoms with Gasteiger partial charge in [0.15, 0.2) is 0 Å². The quantitative estimate of drug-likeness (QED) is 0.168. The molecule has 3 aliphatic rings. The van der Waals surface area contributed by atoms with Crippen LogP contribution >= 0.6 is 0 Å². The number of fused-ring (bicyclic) bond motifs is 2. The third-order valence-electron chi connectivity index (χ3n) is 11.4. The largest absolute Gasteiger partial charge is 0.497 e. The number of nitrogens with one attached hydrogen (secondary N) is 1. The number of carboxylic acids is 1. The Bertz CT molecular complexity index is 2150. The normalized spacial score (nSPS) is 22.4. The van der Waals surface area contributed by atoms with Gasteiger partial charge in [0.1, 0.15) is 29.2 Å². The number of rotatable bonds is 11. The number of aryl methyl sites for hydroxylation is 1. The van der Waals surface area contributed by atoms with Gasteiger partial charge in [-0.05, 0) is 48.4 Å². The zero-order valence-corrected chi connectivity index (χ0v) is 31.8. The summed E-state index contributed by atoms with van der Waals surface area (Å²) in [6, 6.07) is 23.9. The van der Waals surface area contributed by atoms with E-state index in [4.69, 9.17) is 14.5 Å². The molecule has 1 saturated carbocycles. The highest BCUT2D eigenvalue weighted by Gasteiger charge is 2.61. The summed E-state index contributed by atoms with van der Waals surface area (Å²) in [6.45, 7) is 10.1. The van der Waals surface area contributed by atoms with Crippen molar-refractivity contribution in [1.29, 1.82) is 0 Å². The van der Waals surface area contributed by atoms with Crippen molar-refractivity contribution in [3.05, 3.63) is 97.1 Å². The molecule has 11 heteroatoms. The number of ether oxygens (including phenoxy) is 2. The number of likely N-dealkylation sites (tertiary alicyclic amines) is 1. The fraction of sp³-hybridized carbons (Fsp3) is 0.386. The van der Waals surface area contributed by atoms with Gasteiger partial charge in [0, 0.05) is 54.1 Å². The second-order valence-corrected chi connectivity index (χ2v) is 15.9. The molecule has 1 saturated heterocycles. The molecule has 0 bridgehead atoms. The number of nitrogens with zero attached hydrogens (tertiary/aromatic N) is 3. The average Bonchev–Trinajstić information content (AvgIpc) is 3.75. The number of carbonyl (C=O) groups is 4. The van der Waals surface area contributed by atoms with Gasteiger partial charge in [-0.15, -0.1) is 6.58 Å². The van der Waals surface area contributed by atoms with Crippen LogP contribution in [0.5, 0.6) is 11.5 Å². The highest BCUT2D eigenvalue weighted by molar-refractivity contribution is 5.99. The second-order valence-electron chi connectivity index (χ2n) is 15.9. The molecule has 2 aliphatic heterocycles. The van der Waals surface area contributed by atoms with E-state index in [2.05, 4.69) is 11.9 Å². The molecule has 3 aromatic carbocycles. The Kier molecular flexibility index (Phi) is 10.1. The molecule has 286 valence electrons. The summed E-state index contributed by atoms with van der Waals surface area (Å²) in [7, 11) is 1.59. The summed E-state index contributed by atoms with van der Waals surface area (Å²) >= 11 is 0. The Morgan fingerprint density at radius 3 is 2.49 bits per heavy atom. The first kappa shape index (κ1) is 37.6. The summed E-state index contributed by atoms with van der Waals surface area (Å²) in [5, 5.41) is 13.6. The fourth-order valence-corrected chi connectivity index (χ4v) is 8.07. The number of carbonyl (C=O) groups excluding carboxylic acids is 3. The van der Waals surface area contributed by atoms with Crippen LogP contribution in [0.4, 0.5) is 5.69 Å². The van der Waals surface area contributed by atoms with Crippen molar-refractivity contribution >= 4 is 40.3 Å². The number of aliphatic carboxylic acids is 1. The lowest BCUT2D eigenvalue weighted by Crippen LogP contribution is -2.55. The highest BCUT2D eigenvalue weighted by Crippen LogP contribution is 2.45. The Balaban J connectivity index is 1.22. The number of anilines is 1. The van der Waals surface area contributed by atoms with E-state index in [0.29, 0.717) is 29.3 Å². The van der Waals surface area contributed by atoms with Crippen molar-refractivity contribution in [1.82, 2.24) is 15.2 Å². The van der Waals surface area contributed by atoms with Crippen LogP contribution in [0.2, 0.25) is 0 Å². The van der Waals surface area contributed by atoms with Gasteiger partial charge in [0.25, 0.3) is 0 Å². The number of hydrogen-bond donors (Lipinski definition) is 2. The van der Waals surface area contributed by atoms with Crippen molar-refractivity contribution in [3.8, 4) is 22.8 Å². The van der Waals surface area contributed by atoms with Gasteiger partial charge in [-0.1, -0.05) is 75.4 Å². The van der Waals surface area contributed by atoms with Crippen LogP contribution in [-0.4, -0.2) is 76.6 Å². The number of para-hydroxylation sites is 1. The number of benzene rings is 3. The molecule has 0 radical (unpaired) electrons. The van der Waals surface area contributed by atoms with Crippen LogP contribution in [0.15, 0.2) is 91.5 Å². The first-order valence-electron chi connectivity index (χ1n) is 18.9. The van der Waals surface area contributed by atoms with Gasteiger partial charge in [-0.3, -0.25) is 14.4 Å². The molecule has 11 nitrogen and oxygen atoms in total. The summed E-state index contributed by atoms with van der Waals surface area (Å²) in [4.78, 5) is 63.8. The first-order chi connectivity index (χ1) is 26.3. The number of carboxylic acid groups (broad SMARTS) is 1. The number of methoxy groups -OCH3 is 1. The van der Waals surface area contributed by atoms with Crippen LogP contribution in [0.1, 0.15) is 52.0 Å². The zero-order valence-electron chi connectivity index (χ0n) is 31.8. The lowest BCUT2D eigenvalue weighted by Gasteiger charge is -2.37. The molecule has 1 aliphatic carbocycles. The van der Waals surface area contributed by atoms with Crippen molar-refractivity contribution in [2.24, 2.45) is 17.3 Å². The summed E-state index contributed by atoms with van der Waals surface area (Å²) in [5.74, 6) is -2.30. The monoisotopic (exact) mass is 744 g/mol. The van der Waals surface area contributed by atoms with Gasteiger partial charge in [0.2, 0.25) is 17.7 Å². The molecule has 2 unspecified atom stereocenters. The van der Waals surface area contributed by atoms with E-state index in [9.17, 15) is 24.3 Å². The van der Waals surface area contributed by atoms with E-state index in [1.807, 2.05) is 99.6 Å². The van der Waals surface area contributed by atoms with Crippen LogP contribution in [-0.2, 0) is 25.6 Å². The molecule has 3 amide bonds. The average molecular weight is 745 g/mol. The van der Waals surface area contributed by atoms with E-state index < -0.39 is 46.8 Å². The minimum absolute atomic E-state index is 0.0514. The van der Waals surface area contributed by atoms with E-state index in [0.717, 1.165) is 35.0 Å². The van der Waals surface area contributed by atoms with Crippen molar-refractivity contribution < 1.29 is 33.8 Å². The molecule has 3 heterocycles. The first-order valence-corrected chi connectivity index (χ1v) is 18.9. The number of pyridine rings is 1. The molecule has 2 N–H and O–H groups in total. The van der Waals surface area contributed by atoms with Gasteiger partial charge >= 0.3 is 5.97 Å². The molecule has 5 atom stereocenters. The fourth-order valence-electron chi connectivity index (χ4n) is 8.07. The Morgan fingerprint density at radius 1 is 1.05 bits per heavy atom. The molecule has 1 aromatic heterocycles. The number of hydrogen-bond acceptors (Lipinski definition) is 7. The molecule has 0 spiro atoms. The minimum atomic E-state index is -1.49. The SMILES string of the molecule is C=CC1CC1(NC(=O)[C@@H]1C[C@@H](Oc2cc(-c3ccccc3)nc3cc(OC)ccc23)CN1C(=O)[C@@H](CC(=O)N1CCCc2ccccc21)C(C)(C)C)C(=O)O. The van der Waals surface area contributed by atoms with Crippen LogP contribution in [0.25, 0.3) is 22.2 Å². The van der Waals surface area contributed by atoms with Crippen LogP contribution < -0.4 is 19.7 Å². The smallest absolute Gasteiger partial charge is 0.330 e. The molecular weight excluding hydrogens is 697 g/mol. The molecular formula is C44H48N4O7. The van der Waals surface area contributed by atoms with Gasteiger partial charge in [-0.25, -0.2) is 9.78 Å². The third-order valence-corrected chi connectivity index (χ3v) is 11.4. The maximum absolute atomic E-state index is 14.9. The molecule has 4 aromatic rings. The van der Waals surface area contributed by atoms with E-state index in [1.54, 1.807) is 12.0 Å². The van der Waals surface area contributed by atoms with E-state index in [-0.39, 0.29) is 37.6 Å². The number of aromatic nitrogens is 1. The Labute approximate surface area is 321 Å². The van der Waals surface area contributed by atoms with Gasteiger partial charge in [0.05, 0.1) is 30.8 Å². The zero-order chi connectivity index (χ0) is 39.1. The minimum Gasteiger partial charge on any atom is -0.497 e. The van der Waals surface area contributed by atoms with Crippen molar-refractivity contribution in [2.75, 3.05) is 25.1 Å². The second kappa shape index (κ2) is 14.8. The summed E-state index contributed by atoms with van der Waals surface area (Å²) in [6.07, 6.45) is 2.86. The van der Waals surface area contributed by atoms with Crippen molar-refractivity contribution in [2.45, 2.75) is 70.6 Å². The van der Waals surface area contributed by atoms with Crippen LogP contribution in [0.3, 0.4) is 0 Å². The summed E-state index contributed by atoms with van der Waals surface area (Å²) in [5.41, 5.74) is 2.02. The predicted molar refractivity (Wildman–Crippen MR) is 210 cm³/mol. The predicted octanol–water partition coefficient (Wildman–Crippen LogP) is 6.44. The third kappa shape index (κ3) is 7.39. The lowest BCUT2D eigenvalue weighted by atomic mass is 9.77. The van der Waals surface area contributed by atoms with E-state index in [1.165, 1.54) is 11.0 Å². The van der Waals surface area contributed by atoms with Gasteiger partial charge in [-0.2, -0.15) is 0 Å². The van der Waals surface area contributed by atoms with Crippen LogP contribution in [0, 0.1) is 17.3 Å². The summed E-state index contributed by atoms with van der Waals surface area (Å²) < 4.78 is 12.2. The Morgan fingerprint density at radius 2 is 1.80 bits per heavy atom. The molecule has 55 heavy (non-hydrogen) atoms. The van der Waals surface area contributed by atoms with E-state index >= 15 is 0 Å². The standard InChI is InChI=1S/C44H48N4O7/c1-6-29-25-44(29,42(52)53)46-40(50)37-22-31(55-38-24-34(27-13-8-7-9-14-27)45-35-21-30(54-5)18-19-32(35)38)26-48(37)41(51)33(43(2,3)4)23-39(49)47-20-12-16-28-15-10-11-17-36(28)47/h6-11,13-15,17-19,21,24,29,31,33,37H,1,12,16,20,22-23,25-26H2,2-5H3,(H,46,50)(H,52,53)/t29?,31-,33-,37+,44?/m1/s1. The number of amides is 3. The topological polar surface area (TPSA) is 138 Å². The molecule has 7 rings (SSSR count). The maximum atomic E-state index is 14.9. The highest BCUT2D eigenvalue weighted by atomic mass is 16.5. The molecule has 2 fully saturated rings. The van der Waals surface area contributed by atoms with Crippen molar-refractivity contribution in [3.63, 3.8) is 0 Å². The van der Waals surface area contributed by atoms with Gasteiger partial charge < -0.3 is 29.7 Å². The maximum Gasteiger partial charge on any atom is 0.330 e. The Hall–Kier alpha value is -5.71.